The van der Waals surface area contributed by atoms with Gasteiger partial charge in [0.2, 0.25) is 11.8 Å². The highest BCUT2D eigenvalue weighted by atomic mass is 32.2. The van der Waals surface area contributed by atoms with Gasteiger partial charge in [-0.3, -0.25) is 19.2 Å². The number of hydrogen-bond acceptors (Lipinski definition) is 15. The number of amides is 6. The van der Waals surface area contributed by atoms with Crippen LogP contribution in [0.15, 0.2) is 72.8 Å². The second-order valence-electron chi connectivity index (χ2n) is 20.6. The fraction of sp³-hybridized carbons (Fsp3) is 0.448. The van der Waals surface area contributed by atoms with E-state index in [1.54, 1.807) is 97.0 Å². The van der Waals surface area contributed by atoms with Gasteiger partial charge in [0, 0.05) is 62.7 Å². The van der Waals surface area contributed by atoms with Crippen molar-refractivity contribution in [1.29, 1.82) is 0 Å². The van der Waals surface area contributed by atoms with Crippen LogP contribution >= 0.6 is 23.5 Å². The van der Waals surface area contributed by atoms with Crippen LogP contribution in [-0.2, 0) is 68.9 Å². The first kappa shape index (κ1) is 72.4. The molecule has 2 fully saturated rings. The Hall–Kier alpha value is -7.88. The largest absolute Gasteiger partial charge is 0.482 e. The summed E-state index contributed by atoms with van der Waals surface area (Å²) in [7, 11) is 0. The van der Waals surface area contributed by atoms with Gasteiger partial charge in [0.15, 0.2) is 47.2 Å². The van der Waals surface area contributed by atoms with Gasteiger partial charge in [-0.1, -0.05) is 24.3 Å². The number of primary amides is 2. The van der Waals surface area contributed by atoms with Crippen molar-refractivity contribution in [1.82, 2.24) is 20.4 Å². The van der Waals surface area contributed by atoms with Crippen LogP contribution in [-0.4, -0.2) is 129 Å². The van der Waals surface area contributed by atoms with Crippen molar-refractivity contribution in [3.05, 3.63) is 130 Å². The summed E-state index contributed by atoms with van der Waals surface area (Å²) in [5, 5.41) is 12.9. The standard InChI is InChI=1S/C25H27F3N2O5S.C23H23F3N2O5S.2C5H11NO2/c1-2-34-23(32)15-35-18-8-6-16(7-9-18)14-29-24(33)25-30(10-11-36-25)22(31)5-3-4-17-12-20(27)21(28)13-19(17)26;24-17-11-19(26)18(25)10-15(17)2-1-3-20(29)28-8-9-34-23(28)22(32)27-12-14-4-6-16(7-5-14)33-13-21(30)31;2*1-5(2,3)8-4(6)7/h6-9,12-13,25H,2-5,10-11,14-15H2,1H3,(H,29,33);4-7,10-11,23H,1-3,8-9,12-13H2,(H,27,32)(H,30,31);2*1-3H3,(H2,6,7). The summed E-state index contributed by atoms with van der Waals surface area (Å²) in [5.74, 6) is -7.12. The van der Waals surface area contributed by atoms with E-state index in [9.17, 15) is 64.7 Å². The summed E-state index contributed by atoms with van der Waals surface area (Å²) in [6.07, 6.45) is -0.746. The number of rotatable bonds is 21. The SMILES string of the molecule is CC(C)(C)OC(N)=O.CC(C)(C)OC(N)=O.CCOC(=O)COc1ccc(CNC(=O)C2SCCN2C(=O)CCCc2cc(F)c(F)cc2F)cc1.O=C(O)COc1ccc(CNC(=O)C2SCCN2C(=O)CCCc2cc(F)c(F)cc2F)cc1. The molecule has 2 unspecified atom stereocenters. The molecule has 2 atom stereocenters. The molecule has 7 N–H and O–H groups in total. The number of carboxylic acids is 1. The Morgan fingerprint density at radius 1 is 0.570 bits per heavy atom. The first-order chi connectivity index (χ1) is 40.4. The summed E-state index contributed by atoms with van der Waals surface area (Å²) >= 11 is 2.69. The zero-order valence-corrected chi connectivity index (χ0v) is 50.2. The van der Waals surface area contributed by atoms with E-state index in [1.165, 1.54) is 33.3 Å². The Bertz CT molecular complexity index is 2910. The molecule has 4 aromatic rings. The molecule has 0 radical (unpaired) electrons. The lowest BCUT2D eigenvalue weighted by atomic mass is 10.1. The number of carbonyl (C=O) groups is 8. The molecule has 6 rings (SSSR count). The zero-order chi connectivity index (χ0) is 64.3. The van der Waals surface area contributed by atoms with E-state index < -0.39 is 87.6 Å². The van der Waals surface area contributed by atoms with E-state index in [2.05, 4.69) is 20.1 Å². The molecular formula is C58H72F6N6O14S2. The third kappa shape index (κ3) is 27.4. The highest BCUT2D eigenvalue weighted by Gasteiger charge is 2.36. The second kappa shape index (κ2) is 35.5. The molecule has 2 heterocycles. The first-order valence-electron chi connectivity index (χ1n) is 26.8. The summed E-state index contributed by atoms with van der Waals surface area (Å²) in [6.45, 7) is 13.2. The predicted molar refractivity (Wildman–Crippen MR) is 307 cm³/mol. The molecular weight excluding hydrogens is 1180 g/mol. The summed E-state index contributed by atoms with van der Waals surface area (Å²) in [6, 6.07) is 16.0. The van der Waals surface area contributed by atoms with Crippen molar-refractivity contribution in [3.8, 4) is 11.5 Å². The van der Waals surface area contributed by atoms with Gasteiger partial charge in [0.05, 0.1) is 6.61 Å². The van der Waals surface area contributed by atoms with E-state index >= 15 is 0 Å². The smallest absolute Gasteiger partial charge is 0.405 e. The Morgan fingerprint density at radius 3 is 1.26 bits per heavy atom. The Balaban J connectivity index is 0.000000359. The van der Waals surface area contributed by atoms with Crippen molar-refractivity contribution in [2.45, 2.75) is 122 Å². The fourth-order valence-electron chi connectivity index (χ4n) is 7.60. The Kier molecular flexibility index (Phi) is 29.9. The predicted octanol–water partition coefficient (Wildman–Crippen LogP) is 8.45. The minimum atomic E-state index is -1.26. The molecule has 0 aliphatic carbocycles. The number of nitrogens with zero attached hydrogens (tertiary/aromatic N) is 2. The third-order valence-corrected chi connectivity index (χ3v) is 13.7. The minimum Gasteiger partial charge on any atom is -0.482 e. The number of aryl methyl sites for hydroxylation is 2. The Labute approximate surface area is 502 Å². The maximum Gasteiger partial charge on any atom is 0.405 e. The van der Waals surface area contributed by atoms with E-state index in [-0.39, 0.29) is 99.6 Å². The molecule has 0 bridgehead atoms. The van der Waals surface area contributed by atoms with Gasteiger partial charge in [0.25, 0.3) is 11.8 Å². The summed E-state index contributed by atoms with van der Waals surface area (Å²) < 4.78 is 105. The molecule has 20 nitrogen and oxygen atoms in total. The van der Waals surface area contributed by atoms with Gasteiger partial charge in [0.1, 0.15) is 34.3 Å². The van der Waals surface area contributed by atoms with Crippen LogP contribution in [0.25, 0.3) is 0 Å². The molecule has 0 spiro atoms. The number of carboxylic acid groups (broad SMARTS) is 1. The first-order valence-corrected chi connectivity index (χ1v) is 28.9. The van der Waals surface area contributed by atoms with Crippen molar-refractivity contribution in [2.75, 3.05) is 44.4 Å². The average molecular weight is 1260 g/mol. The van der Waals surface area contributed by atoms with Crippen LogP contribution in [0.2, 0.25) is 0 Å². The highest BCUT2D eigenvalue weighted by Crippen LogP contribution is 2.28. The fourth-order valence-corrected chi connectivity index (χ4v) is 9.92. The highest BCUT2D eigenvalue weighted by molar-refractivity contribution is 8.01. The second-order valence-corrected chi connectivity index (χ2v) is 23.0. The van der Waals surface area contributed by atoms with Gasteiger partial charge < -0.3 is 60.7 Å². The van der Waals surface area contributed by atoms with Crippen LogP contribution in [0.3, 0.4) is 0 Å². The maximum atomic E-state index is 13.8. The monoisotopic (exact) mass is 1250 g/mol. The molecule has 6 amide bonds. The summed E-state index contributed by atoms with van der Waals surface area (Å²) in [4.78, 5) is 95.5. The normalized spacial score (nSPS) is 14.3. The molecule has 472 valence electrons. The molecule has 4 aromatic carbocycles. The van der Waals surface area contributed by atoms with Gasteiger partial charge >= 0.3 is 24.1 Å². The molecule has 86 heavy (non-hydrogen) atoms. The van der Waals surface area contributed by atoms with Crippen molar-refractivity contribution >= 4 is 71.3 Å². The van der Waals surface area contributed by atoms with Crippen LogP contribution in [0.1, 0.15) is 96.4 Å². The number of carbonyl (C=O) groups excluding carboxylic acids is 7. The minimum absolute atomic E-state index is 0.00355. The molecule has 0 aromatic heterocycles. The molecule has 28 heteroatoms. The van der Waals surface area contributed by atoms with E-state index in [4.69, 9.17) is 30.8 Å². The van der Waals surface area contributed by atoms with Gasteiger partial charge in [-0.25, -0.2) is 45.5 Å². The lowest BCUT2D eigenvalue weighted by Crippen LogP contribution is -2.44. The van der Waals surface area contributed by atoms with Gasteiger partial charge in [-0.05, 0) is 133 Å². The number of nitrogens with one attached hydrogen (secondary N) is 2. The number of nitrogens with two attached hydrogens (primary N) is 2. The number of thioether (sulfide) groups is 2. The number of benzene rings is 4. The van der Waals surface area contributed by atoms with Crippen molar-refractivity contribution < 1.29 is 93.5 Å². The summed E-state index contributed by atoms with van der Waals surface area (Å²) in [5.41, 5.74) is 10.1. The average Bonchev–Trinajstić information content (AvgIpc) is 3.38. The Morgan fingerprint density at radius 2 is 0.930 bits per heavy atom. The molecule has 0 saturated carbocycles. The maximum absolute atomic E-state index is 13.8. The van der Waals surface area contributed by atoms with Gasteiger partial charge in [-0.2, -0.15) is 0 Å². The topological polar surface area (TPSA) is 286 Å². The van der Waals surface area contributed by atoms with Crippen LogP contribution in [0.4, 0.5) is 35.9 Å². The molecule has 2 aliphatic rings. The number of esters is 1. The lowest BCUT2D eigenvalue weighted by molar-refractivity contribution is -0.145. The van der Waals surface area contributed by atoms with Crippen LogP contribution in [0.5, 0.6) is 11.5 Å². The van der Waals surface area contributed by atoms with Crippen LogP contribution in [0, 0.1) is 34.9 Å². The van der Waals surface area contributed by atoms with Gasteiger partial charge in [-0.15, -0.1) is 23.5 Å². The number of halogens is 6. The van der Waals surface area contributed by atoms with E-state index in [0.717, 1.165) is 23.3 Å². The third-order valence-electron chi connectivity index (χ3n) is 11.3. The number of hydrogen-bond donors (Lipinski definition) is 5. The van der Waals surface area contributed by atoms with Crippen molar-refractivity contribution in [2.24, 2.45) is 11.5 Å². The number of ether oxygens (including phenoxy) is 5. The van der Waals surface area contributed by atoms with E-state index in [0.29, 0.717) is 48.2 Å². The van der Waals surface area contributed by atoms with Crippen molar-refractivity contribution in [3.63, 3.8) is 0 Å². The van der Waals surface area contributed by atoms with Crippen LogP contribution < -0.4 is 31.6 Å². The lowest BCUT2D eigenvalue weighted by Gasteiger charge is -2.23. The molecule has 2 saturated heterocycles. The molecule has 2 aliphatic heterocycles. The van der Waals surface area contributed by atoms with E-state index in [1.807, 2.05) is 0 Å². The zero-order valence-electron chi connectivity index (χ0n) is 48.6. The quantitative estimate of drug-likeness (QED) is 0.0226. The number of aliphatic carboxylic acids is 1.